The highest BCUT2D eigenvalue weighted by molar-refractivity contribution is 6.04. The van der Waals surface area contributed by atoms with E-state index >= 15 is 0 Å². The molecule has 0 saturated heterocycles. The van der Waals surface area contributed by atoms with E-state index in [4.69, 9.17) is 4.74 Å². The first-order valence-electron chi connectivity index (χ1n) is 9.95. The molecule has 1 aliphatic rings. The monoisotopic (exact) mass is 440 g/mol. The average molecular weight is 440 g/mol. The topological polar surface area (TPSA) is 67.4 Å². The molecule has 32 heavy (non-hydrogen) atoms. The van der Waals surface area contributed by atoms with E-state index in [1.165, 1.54) is 18.2 Å². The minimum atomic E-state index is -4.48. The van der Waals surface area contributed by atoms with Gasteiger partial charge in [-0.3, -0.25) is 9.59 Å². The third-order valence-electron chi connectivity index (χ3n) is 4.81. The fourth-order valence-electron chi connectivity index (χ4n) is 2.98. The van der Waals surface area contributed by atoms with Crippen molar-refractivity contribution >= 4 is 17.5 Å². The molecule has 0 spiro atoms. The molecule has 0 radical (unpaired) electrons. The van der Waals surface area contributed by atoms with Crippen LogP contribution in [0.2, 0.25) is 0 Å². The first kappa shape index (κ1) is 21.4. The number of hydrogen-bond donors (Lipinski definition) is 2. The lowest BCUT2D eigenvalue weighted by atomic mass is 10.1. The Morgan fingerprint density at radius 1 is 0.812 bits per heavy atom. The second-order valence-corrected chi connectivity index (χ2v) is 7.43. The number of anilines is 1. The smallest absolute Gasteiger partial charge is 0.416 e. The summed E-state index contributed by atoms with van der Waals surface area (Å²) in [5.41, 5.74) is 0.455. The average Bonchev–Trinajstić information content (AvgIpc) is 3.58. The fourth-order valence-corrected chi connectivity index (χ4v) is 2.98. The van der Waals surface area contributed by atoms with E-state index in [0.717, 1.165) is 25.0 Å². The van der Waals surface area contributed by atoms with Crippen molar-refractivity contribution in [2.45, 2.75) is 25.1 Å². The maximum Gasteiger partial charge on any atom is 0.416 e. The first-order valence-corrected chi connectivity index (χ1v) is 9.95. The molecule has 164 valence electrons. The summed E-state index contributed by atoms with van der Waals surface area (Å²) >= 11 is 0. The van der Waals surface area contributed by atoms with Crippen LogP contribution in [0.25, 0.3) is 0 Å². The van der Waals surface area contributed by atoms with Crippen molar-refractivity contribution in [2.75, 3.05) is 5.32 Å². The van der Waals surface area contributed by atoms with Crippen LogP contribution in [0.4, 0.5) is 18.9 Å². The predicted octanol–water partition coefficient (Wildman–Crippen LogP) is 5.64. The molecular formula is C24H19F3N2O3. The van der Waals surface area contributed by atoms with Crippen LogP contribution in [0.3, 0.4) is 0 Å². The molecule has 0 aliphatic heterocycles. The number of carbonyl (C=O) groups is 2. The van der Waals surface area contributed by atoms with Gasteiger partial charge in [-0.2, -0.15) is 13.2 Å². The zero-order valence-corrected chi connectivity index (χ0v) is 16.8. The minimum absolute atomic E-state index is 0.0115. The van der Waals surface area contributed by atoms with Crippen LogP contribution >= 0.6 is 0 Å². The number of halogens is 3. The number of alkyl halides is 3. The van der Waals surface area contributed by atoms with E-state index < -0.39 is 17.6 Å². The second-order valence-electron chi connectivity index (χ2n) is 7.43. The van der Waals surface area contributed by atoms with Crippen LogP contribution in [-0.2, 0) is 6.18 Å². The van der Waals surface area contributed by atoms with Gasteiger partial charge >= 0.3 is 6.18 Å². The Labute approximate surface area is 182 Å². The number of benzene rings is 3. The van der Waals surface area contributed by atoms with E-state index in [-0.39, 0.29) is 29.0 Å². The van der Waals surface area contributed by atoms with Crippen molar-refractivity contribution in [1.29, 1.82) is 0 Å². The summed E-state index contributed by atoms with van der Waals surface area (Å²) in [6, 6.07) is 17.4. The molecule has 8 heteroatoms. The van der Waals surface area contributed by atoms with Gasteiger partial charge in [0.15, 0.2) is 0 Å². The van der Waals surface area contributed by atoms with Gasteiger partial charge in [-0.05, 0) is 73.5 Å². The van der Waals surface area contributed by atoms with Gasteiger partial charge in [0.2, 0.25) is 0 Å². The SMILES string of the molecule is O=C(Nc1ccc(C(=O)NC2CC2)cc1)c1cccc(Oc2cccc(C(F)(F)F)c2)c1. The number of carbonyl (C=O) groups excluding carboxylic acids is 2. The Hall–Kier alpha value is -3.81. The molecule has 0 aromatic heterocycles. The summed E-state index contributed by atoms with van der Waals surface area (Å²) in [6.45, 7) is 0. The lowest BCUT2D eigenvalue weighted by Gasteiger charge is -2.11. The normalized spacial score (nSPS) is 13.3. The van der Waals surface area contributed by atoms with E-state index in [1.807, 2.05) is 0 Å². The molecule has 0 heterocycles. The van der Waals surface area contributed by atoms with Gasteiger partial charge in [0, 0.05) is 22.9 Å². The van der Waals surface area contributed by atoms with Crippen LogP contribution in [0.5, 0.6) is 11.5 Å². The molecule has 2 N–H and O–H groups in total. The molecule has 5 nitrogen and oxygen atoms in total. The number of rotatable bonds is 6. The van der Waals surface area contributed by atoms with Crippen molar-refractivity contribution < 1.29 is 27.5 Å². The van der Waals surface area contributed by atoms with Crippen LogP contribution in [0.15, 0.2) is 72.8 Å². The summed E-state index contributed by atoms with van der Waals surface area (Å²) in [7, 11) is 0. The summed E-state index contributed by atoms with van der Waals surface area (Å²) < 4.78 is 44.2. The maximum atomic E-state index is 12.9. The van der Waals surface area contributed by atoms with Crippen molar-refractivity contribution in [3.8, 4) is 11.5 Å². The van der Waals surface area contributed by atoms with E-state index in [1.54, 1.807) is 42.5 Å². The van der Waals surface area contributed by atoms with Crippen molar-refractivity contribution in [3.05, 3.63) is 89.5 Å². The molecular weight excluding hydrogens is 421 g/mol. The first-order chi connectivity index (χ1) is 15.3. The molecule has 0 atom stereocenters. The Kier molecular flexibility index (Phi) is 5.85. The minimum Gasteiger partial charge on any atom is -0.457 e. The fraction of sp³-hybridized carbons (Fsp3) is 0.167. The van der Waals surface area contributed by atoms with Gasteiger partial charge in [0.1, 0.15) is 11.5 Å². The number of ether oxygens (including phenoxy) is 1. The summed E-state index contributed by atoms with van der Waals surface area (Å²) in [6.07, 6.45) is -2.48. The lowest BCUT2D eigenvalue weighted by molar-refractivity contribution is -0.137. The van der Waals surface area contributed by atoms with E-state index in [0.29, 0.717) is 11.3 Å². The summed E-state index contributed by atoms with van der Waals surface area (Å²) in [5.74, 6) is -0.332. The van der Waals surface area contributed by atoms with Gasteiger partial charge in [0.25, 0.3) is 11.8 Å². The molecule has 1 fully saturated rings. The van der Waals surface area contributed by atoms with Gasteiger partial charge < -0.3 is 15.4 Å². The zero-order valence-electron chi connectivity index (χ0n) is 16.8. The van der Waals surface area contributed by atoms with E-state index in [2.05, 4.69) is 10.6 Å². The maximum absolute atomic E-state index is 12.9. The molecule has 1 aliphatic carbocycles. The zero-order chi connectivity index (χ0) is 22.7. The van der Waals surface area contributed by atoms with Crippen LogP contribution < -0.4 is 15.4 Å². The third-order valence-corrected chi connectivity index (χ3v) is 4.81. The Morgan fingerprint density at radius 2 is 1.47 bits per heavy atom. The molecule has 4 rings (SSSR count). The molecule has 2 amide bonds. The summed E-state index contributed by atoms with van der Waals surface area (Å²) in [4.78, 5) is 24.6. The highest BCUT2D eigenvalue weighted by atomic mass is 19.4. The number of amides is 2. The largest absolute Gasteiger partial charge is 0.457 e. The second kappa shape index (κ2) is 8.74. The van der Waals surface area contributed by atoms with Crippen LogP contribution in [0, 0.1) is 0 Å². The quantitative estimate of drug-likeness (QED) is 0.521. The van der Waals surface area contributed by atoms with Crippen molar-refractivity contribution in [1.82, 2.24) is 5.32 Å². The van der Waals surface area contributed by atoms with E-state index in [9.17, 15) is 22.8 Å². The van der Waals surface area contributed by atoms with Gasteiger partial charge in [0.05, 0.1) is 5.56 Å². The molecule has 3 aromatic rings. The highest BCUT2D eigenvalue weighted by Gasteiger charge is 2.30. The standard InChI is InChI=1S/C24H19F3N2O3/c25-24(26,27)17-4-2-6-21(14-17)32-20-5-1-3-16(13-20)23(31)29-18-9-7-15(8-10-18)22(30)28-19-11-12-19/h1-10,13-14,19H,11-12H2,(H,28,30)(H,29,31). The van der Waals surface area contributed by atoms with Crippen molar-refractivity contribution in [3.63, 3.8) is 0 Å². The number of nitrogens with one attached hydrogen (secondary N) is 2. The Balaban J connectivity index is 1.41. The highest BCUT2D eigenvalue weighted by Crippen LogP contribution is 2.32. The van der Waals surface area contributed by atoms with Gasteiger partial charge in [-0.15, -0.1) is 0 Å². The third kappa shape index (κ3) is 5.46. The molecule has 0 unspecified atom stereocenters. The van der Waals surface area contributed by atoms with Crippen LogP contribution in [0.1, 0.15) is 39.1 Å². The summed E-state index contributed by atoms with van der Waals surface area (Å²) in [5, 5.41) is 5.61. The van der Waals surface area contributed by atoms with Crippen molar-refractivity contribution in [2.24, 2.45) is 0 Å². The molecule has 3 aromatic carbocycles. The van der Waals surface area contributed by atoms with Crippen LogP contribution in [-0.4, -0.2) is 17.9 Å². The Bertz CT molecular complexity index is 1140. The Morgan fingerprint density at radius 3 is 2.12 bits per heavy atom. The van der Waals surface area contributed by atoms with Gasteiger partial charge in [-0.25, -0.2) is 0 Å². The molecule has 0 bridgehead atoms. The lowest BCUT2D eigenvalue weighted by Crippen LogP contribution is -2.25. The molecule has 1 saturated carbocycles. The number of hydrogen-bond acceptors (Lipinski definition) is 3. The van der Waals surface area contributed by atoms with Gasteiger partial charge in [-0.1, -0.05) is 12.1 Å². The predicted molar refractivity (Wildman–Crippen MR) is 113 cm³/mol.